The minimum atomic E-state index is -2.39. The molecule has 0 aliphatic rings. The Bertz CT molecular complexity index is 487. The van der Waals surface area contributed by atoms with Crippen LogP contribution in [0.4, 0.5) is 8.78 Å². The lowest BCUT2D eigenvalue weighted by atomic mass is 10.1. The predicted octanol–water partition coefficient (Wildman–Crippen LogP) is 4.12. The van der Waals surface area contributed by atoms with Crippen molar-refractivity contribution in [1.82, 2.24) is 0 Å². The van der Waals surface area contributed by atoms with Crippen molar-refractivity contribution in [3.05, 3.63) is 54.1 Å². The van der Waals surface area contributed by atoms with Crippen LogP contribution < -0.4 is 0 Å². The topological polar surface area (TPSA) is 0 Å². The summed E-state index contributed by atoms with van der Waals surface area (Å²) in [4.78, 5) is 0. The van der Waals surface area contributed by atoms with Gasteiger partial charge in [-0.05, 0) is 28.5 Å². The highest BCUT2D eigenvalue weighted by molar-refractivity contribution is 5.84. The molecule has 0 atom stereocenters. The fourth-order valence-electron chi connectivity index (χ4n) is 1.50. The molecule has 0 saturated heterocycles. The van der Waals surface area contributed by atoms with Gasteiger partial charge in [-0.15, -0.1) is 0 Å². The second-order valence-corrected chi connectivity index (χ2v) is 3.30. The number of alkyl halides is 2. The van der Waals surface area contributed by atoms with E-state index in [1.54, 1.807) is 0 Å². The molecule has 2 heteroatoms. The Labute approximate surface area is 86.8 Å². The Morgan fingerprint density at radius 2 is 1.67 bits per heavy atom. The number of hydrogen-bond acceptors (Lipinski definition) is 0. The third kappa shape index (κ3) is 2.40. The van der Waals surface area contributed by atoms with E-state index in [0.717, 1.165) is 22.4 Å². The average Bonchev–Trinajstić information content (AvgIpc) is 2.26. The van der Waals surface area contributed by atoms with E-state index in [9.17, 15) is 8.78 Å². The summed E-state index contributed by atoms with van der Waals surface area (Å²) in [5, 5.41) is 2.18. The van der Waals surface area contributed by atoms with Crippen LogP contribution in [0.3, 0.4) is 0 Å². The third-order valence-electron chi connectivity index (χ3n) is 2.21. The molecule has 2 aromatic carbocycles. The first kappa shape index (κ1) is 9.84. The van der Waals surface area contributed by atoms with E-state index < -0.39 is 6.43 Å². The van der Waals surface area contributed by atoms with Gasteiger partial charge in [0.05, 0.1) is 0 Å². The van der Waals surface area contributed by atoms with Gasteiger partial charge in [-0.1, -0.05) is 42.5 Å². The monoisotopic (exact) mass is 204 g/mol. The van der Waals surface area contributed by atoms with E-state index in [2.05, 4.69) is 0 Å². The molecule has 15 heavy (non-hydrogen) atoms. The zero-order valence-corrected chi connectivity index (χ0v) is 8.03. The molecule has 0 bridgehead atoms. The van der Waals surface area contributed by atoms with Crippen molar-refractivity contribution >= 4 is 16.8 Å². The summed E-state index contributed by atoms with van der Waals surface area (Å²) >= 11 is 0. The van der Waals surface area contributed by atoms with E-state index in [4.69, 9.17) is 0 Å². The van der Waals surface area contributed by atoms with Crippen molar-refractivity contribution in [2.45, 2.75) is 6.43 Å². The van der Waals surface area contributed by atoms with Gasteiger partial charge in [0.15, 0.2) is 0 Å². The summed E-state index contributed by atoms with van der Waals surface area (Å²) in [6.45, 7) is 0. The summed E-state index contributed by atoms with van der Waals surface area (Å²) in [5.74, 6) is 0. The lowest BCUT2D eigenvalue weighted by Crippen LogP contribution is -1.80. The molecule has 0 aromatic heterocycles. The number of allylic oxidation sites excluding steroid dienone is 1. The van der Waals surface area contributed by atoms with Crippen molar-refractivity contribution in [3.8, 4) is 0 Å². The molecule has 0 spiro atoms. The maximum Gasteiger partial charge on any atom is 0.257 e. The Hall–Kier alpha value is -1.70. The predicted molar refractivity (Wildman–Crippen MR) is 59.0 cm³/mol. The second kappa shape index (κ2) is 4.22. The molecule has 0 N–H and O–H groups in total. The lowest BCUT2D eigenvalue weighted by molar-refractivity contribution is 0.205. The van der Waals surface area contributed by atoms with Crippen molar-refractivity contribution in [3.63, 3.8) is 0 Å². The Morgan fingerprint density at radius 1 is 0.933 bits per heavy atom. The van der Waals surface area contributed by atoms with Crippen LogP contribution >= 0.6 is 0 Å². The minimum absolute atomic E-state index is 0.800. The van der Waals surface area contributed by atoms with Gasteiger partial charge >= 0.3 is 0 Å². The fraction of sp³-hybridized carbons (Fsp3) is 0.0769. The standard InChI is InChI=1S/C13H10F2/c14-13(15)8-6-10-5-7-11-3-1-2-4-12(11)9-10/h1-9,13H/b8-6+. The minimum Gasteiger partial charge on any atom is -0.206 e. The number of hydrogen-bond donors (Lipinski definition) is 0. The lowest BCUT2D eigenvalue weighted by Gasteiger charge is -1.98. The van der Waals surface area contributed by atoms with Crippen LogP contribution in [0.1, 0.15) is 5.56 Å². The zero-order chi connectivity index (χ0) is 10.7. The average molecular weight is 204 g/mol. The van der Waals surface area contributed by atoms with Crippen molar-refractivity contribution in [2.75, 3.05) is 0 Å². The molecule has 0 saturated carbocycles. The Balaban J connectivity index is 2.39. The number of rotatable bonds is 2. The molecular formula is C13H10F2. The summed E-state index contributed by atoms with van der Waals surface area (Å²) < 4.78 is 23.9. The number of halogens is 2. The molecule has 0 aliphatic carbocycles. The number of benzene rings is 2. The largest absolute Gasteiger partial charge is 0.257 e. The van der Waals surface area contributed by atoms with Gasteiger partial charge in [0.25, 0.3) is 6.43 Å². The quantitative estimate of drug-likeness (QED) is 0.690. The molecule has 76 valence electrons. The van der Waals surface area contributed by atoms with Gasteiger partial charge < -0.3 is 0 Å². The van der Waals surface area contributed by atoms with Gasteiger partial charge in [0.2, 0.25) is 0 Å². The SMILES string of the molecule is FC(F)/C=C/c1ccc2ccccc2c1. The van der Waals surface area contributed by atoms with Gasteiger partial charge in [-0.25, -0.2) is 8.78 Å². The van der Waals surface area contributed by atoms with Gasteiger partial charge in [-0.2, -0.15) is 0 Å². The molecule has 0 heterocycles. The van der Waals surface area contributed by atoms with E-state index in [0.29, 0.717) is 0 Å². The van der Waals surface area contributed by atoms with E-state index in [1.807, 2.05) is 42.5 Å². The van der Waals surface area contributed by atoms with Crippen molar-refractivity contribution in [2.24, 2.45) is 0 Å². The maximum atomic E-state index is 11.9. The third-order valence-corrected chi connectivity index (χ3v) is 2.21. The van der Waals surface area contributed by atoms with Gasteiger partial charge in [0.1, 0.15) is 0 Å². The smallest absolute Gasteiger partial charge is 0.206 e. The van der Waals surface area contributed by atoms with Crippen LogP contribution in [0, 0.1) is 0 Å². The van der Waals surface area contributed by atoms with E-state index in [-0.39, 0.29) is 0 Å². The van der Waals surface area contributed by atoms with Gasteiger partial charge in [-0.3, -0.25) is 0 Å². The molecule has 2 aromatic rings. The Morgan fingerprint density at radius 3 is 2.40 bits per heavy atom. The van der Waals surface area contributed by atoms with Crippen LogP contribution in [0.15, 0.2) is 48.5 Å². The maximum absolute atomic E-state index is 11.9. The summed E-state index contributed by atoms with van der Waals surface area (Å²) in [7, 11) is 0. The van der Waals surface area contributed by atoms with Crippen LogP contribution in [0.5, 0.6) is 0 Å². The van der Waals surface area contributed by atoms with Crippen LogP contribution in [0.2, 0.25) is 0 Å². The molecule has 2 rings (SSSR count). The Kier molecular flexibility index (Phi) is 2.77. The van der Waals surface area contributed by atoms with E-state index in [1.165, 1.54) is 6.08 Å². The number of fused-ring (bicyclic) bond motifs is 1. The molecule has 0 amide bonds. The second-order valence-electron chi connectivity index (χ2n) is 3.30. The highest BCUT2D eigenvalue weighted by atomic mass is 19.3. The normalized spacial score (nSPS) is 11.7. The molecular weight excluding hydrogens is 194 g/mol. The van der Waals surface area contributed by atoms with Crippen molar-refractivity contribution < 1.29 is 8.78 Å². The molecule has 0 aliphatic heterocycles. The first-order valence-electron chi connectivity index (χ1n) is 4.71. The summed E-state index contributed by atoms with van der Waals surface area (Å²) in [5.41, 5.74) is 0.800. The molecule has 0 fully saturated rings. The summed E-state index contributed by atoms with van der Waals surface area (Å²) in [6, 6.07) is 13.5. The van der Waals surface area contributed by atoms with Crippen LogP contribution in [0.25, 0.3) is 16.8 Å². The van der Waals surface area contributed by atoms with Crippen LogP contribution in [-0.2, 0) is 0 Å². The first-order valence-corrected chi connectivity index (χ1v) is 4.71. The van der Waals surface area contributed by atoms with Gasteiger partial charge in [0, 0.05) is 0 Å². The zero-order valence-electron chi connectivity index (χ0n) is 8.03. The first-order chi connectivity index (χ1) is 7.25. The molecule has 0 unspecified atom stereocenters. The van der Waals surface area contributed by atoms with Crippen molar-refractivity contribution in [1.29, 1.82) is 0 Å². The molecule has 0 radical (unpaired) electrons. The molecule has 0 nitrogen and oxygen atoms in total. The van der Waals surface area contributed by atoms with Crippen LogP contribution in [-0.4, -0.2) is 6.43 Å². The van der Waals surface area contributed by atoms with E-state index >= 15 is 0 Å². The highest BCUT2D eigenvalue weighted by Crippen LogP contribution is 2.16. The highest BCUT2D eigenvalue weighted by Gasteiger charge is 1.95. The summed E-state index contributed by atoms with van der Waals surface area (Å²) in [6.07, 6.45) is -0.0576. The fourth-order valence-corrected chi connectivity index (χ4v) is 1.50.